The molecule has 0 fully saturated rings. The first-order chi connectivity index (χ1) is 5.09. The highest BCUT2D eigenvalue weighted by Crippen LogP contribution is 2.21. The first-order valence-electron chi connectivity index (χ1n) is 3.38. The van der Waals surface area contributed by atoms with E-state index < -0.39 is 8.11 Å². The third-order valence-corrected chi connectivity index (χ3v) is 2.19. The zero-order chi connectivity index (χ0) is 8.43. The fourth-order valence-electron chi connectivity index (χ4n) is 1.09. The molecule has 0 aliphatic rings. The van der Waals surface area contributed by atoms with E-state index in [1.807, 2.05) is 19.9 Å². The third kappa shape index (κ3) is 2.16. The number of hydrogen-bond donors (Lipinski definition) is 0. The molecule has 0 N–H and O–H groups in total. The molecule has 1 unspecified atom stereocenters. The van der Waals surface area contributed by atoms with Crippen molar-refractivity contribution in [2.75, 3.05) is 0 Å². The molecule has 1 aromatic carbocycles. The summed E-state index contributed by atoms with van der Waals surface area (Å²) >= 11 is 0. The summed E-state index contributed by atoms with van der Waals surface area (Å²) in [5.74, 6) is 0. The lowest BCUT2D eigenvalue weighted by molar-refractivity contribution is 0.567. The van der Waals surface area contributed by atoms with Crippen LogP contribution in [0.2, 0.25) is 0 Å². The van der Waals surface area contributed by atoms with Gasteiger partial charge in [0.1, 0.15) is 0 Å². The van der Waals surface area contributed by atoms with Crippen LogP contribution in [0.5, 0.6) is 0 Å². The van der Waals surface area contributed by atoms with E-state index in [4.69, 9.17) is 0 Å². The summed E-state index contributed by atoms with van der Waals surface area (Å²) in [6.45, 7) is 3.72. The van der Waals surface area contributed by atoms with Crippen LogP contribution in [0, 0.1) is 13.8 Å². The number of benzene rings is 1. The topological polar surface area (TPSA) is 17.1 Å². The molecule has 11 heavy (non-hydrogen) atoms. The smallest absolute Gasteiger partial charge is 0.261 e. The lowest BCUT2D eigenvalue weighted by atomic mass is 10.2. The molecule has 0 heterocycles. The zero-order valence-corrected chi connectivity index (χ0v) is 7.52. The Balaban J connectivity index is 3.19. The van der Waals surface area contributed by atoms with Crippen LogP contribution < -0.4 is 5.30 Å². The summed E-state index contributed by atoms with van der Waals surface area (Å²) in [6.07, 6.45) is 0. The molecule has 1 rings (SSSR count). The van der Waals surface area contributed by atoms with E-state index in [0.29, 0.717) is 5.30 Å². The molecular weight excluding hydrogens is 162 g/mol. The van der Waals surface area contributed by atoms with Crippen molar-refractivity contribution >= 4 is 13.4 Å². The van der Waals surface area contributed by atoms with Gasteiger partial charge in [0.25, 0.3) is 8.11 Å². The monoisotopic (exact) mass is 172 g/mol. The predicted molar refractivity (Wildman–Crippen MR) is 45.7 cm³/mol. The summed E-state index contributed by atoms with van der Waals surface area (Å²) in [7, 11) is -3.01. The van der Waals surface area contributed by atoms with Crippen LogP contribution in [0.4, 0.5) is 4.20 Å². The minimum absolute atomic E-state index is 0.326. The van der Waals surface area contributed by atoms with Crippen molar-refractivity contribution in [3.8, 4) is 0 Å². The fourth-order valence-corrected chi connectivity index (χ4v) is 1.77. The van der Waals surface area contributed by atoms with E-state index in [1.54, 1.807) is 12.1 Å². The van der Waals surface area contributed by atoms with Crippen LogP contribution >= 0.6 is 8.11 Å². The van der Waals surface area contributed by atoms with Gasteiger partial charge in [0, 0.05) is 5.30 Å². The molecule has 0 aliphatic carbocycles. The molecule has 0 saturated carbocycles. The number of aryl methyl sites for hydroxylation is 2. The van der Waals surface area contributed by atoms with Crippen LogP contribution in [0.25, 0.3) is 0 Å². The van der Waals surface area contributed by atoms with Crippen LogP contribution in [-0.4, -0.2) is 0 Å². The Labute approximate surface area is 66.2 Å². The Morgan fingerprint density at radius 1 is 1.18 bits per heavy atom. The first-order valence-corrected chi connectivity index (χ1v) is 4.66. The Kier molecular flexibility index (Phi) is 2.45. The summed E-state index contributed by atoms with van der Waals surface area (Å²) in [4.78, 5) is 0. The highest BCUT2D eigenvalue weighted by atomic mass is 31.1. The van der Waals surface area contributed by atoms with E-state index in [-0.39, 0.29) is 0 Å². The average Bonchev–Trinajstić information content (AvgIpc) is 1.85. The van der Waals surface area contributed by atoms with Crippen molar-refractivity contribution in [3.63, 3.8) is 0 Å². The molecule has 1 aromatic rings. The summed E-state index contributed by atoms with van der Waals surface area (Å²) in [5, 5.41) is 0.326. The zero-order valence-electron chi connectivity index (χ0n) is 6.52. The van der Waals surface area contributed by atoms with Crippen molar-refractivity contribution in [3.05, 3.63) is 29.3 Å². The van der Waals surface area contributed by atoms with Crippen LogP contribution in [0.15, 0.2) is 18.2 Å². The molecule has 0 aromatic heterocycles. The maximum absolute atomic E-state index is 12.3. The predicted octanol–water partition coefficient (Wildman–Crippen LogP) is 2.37. The van der Waals surface area contributed by atoms with E-state index >= 15 is 0 Å². The summed E-state index contributed by atoms with van der Waals surface area (Å²) in [6, 6.07) is 5.16. The van der Waals surface area contributed by atoms with E-state index in [0.717, 1.165) is 11.1 Å². The Morgan fingerprint density at radius 3 is 2.00 bits per heavy atom. The Morgan fingerprint density at radius 2 is 1.64 bits per heavy atom. The summed E-state index contributed by atoms with van der Waals surface area (Å²) < 4.78 is 22.8. The molecule has 0 radical (unpaired) electrons. The molecule has 0 spiro atoms. The average molecular weight is 172 g/mol. The van der Waals surface area contributed by atoms with E-state index in [2.05, 4.69) is 0 Å². The van der Waals surface area contributed by atoms with Gasteiger partial charge in [-0.25, -0.2) is 0 Å². The molecule has 0 amide bonds. The molecule has 3 heteroatoms. The normalized spacial score (nSPS) is 13.0. The van der Waals surface area contributed by atoms with Gasteiger partial charge in [0.2, 0.25) is 0 Å². The molecule has 0 aliphatic heterocycles. The summed E-state index contributed by atoms with van der Waals surface area (Å²) in [5.41, 5.74) is 1.91. The molecule has 1 nitrogen and oxygen atoms in total. The Bertz CT molecular complexity index is 276. The standard InChI is InChI=1S/C8H10FOP/c1-6-3-7(2)5-8(4-6)11(9)10/h3-5,11H,1-2H3. The van der Waals surface area contributed by atoms with Gasteiger partial charge in [-0.15, -0.1) is 0 Å². The number of hydrogen-bond acceptors (Lipinski definition) is 1. The maximum atomic E-state index is 12.3. The SMILES string of the molecule is Cc1cc(C)cc([PH](=O)F)c1. The minimum atomic E-state index is -3.01. The molecule has 0 saturated heterocycles. The molecule has 0 bridgehead atoms. The second-order valence-corrected chi connectivity index (χ2v) is 3.77. The first kappa shape index (κ1) is 8.48. The second kappa shape index (κ2) is 3.19. The van der Waals surface area contributed by atoms with Gasteiger partial charge in [0.15, 0.2) is 0 Å². The van der Waals surface area contributed by atoms with Crippen LogP contribution in [0.3, 0.4) is 0 Å². The lowest BCUT2D eigenvalue weighted by Gasteiger charge is -1.98. The number of rotatable bonds is 1. The lowest BCUT2D eigenvalue weighted by Crippen LogP contribution is -1.95. The number of halogens is 1. The van der Waals surface area contributed by atoms with Crippen molar-refractivity contribution in [1.82, 2.24) is 0 Å². The molecule has 1 atom stereocenters. The van der Waals surface area contributed by atoms with Gasteiger partial charge in [-0.1, -0.05) is 17.2 Å². The van der Waals surface area contributed by atoms with E-state index in [9.17, 15) is 8.76 Å². The van der Waals surface area contributed by atoms with Crippen molar-refractivity contribution < 1.29 is 8.76 Å². The quantitative estimate of drug-likeness (QED) is 0.594. The van der Waals surface area contributed by atoms with Gasteiger partial charge in [0.05, 0.1) is 0 Å². The largest absolute Gasteiger partial charge is 0.286 e. The van der Waals surface area contributed by atoms with Gasteiger partial charge in [-0.2, -0.15) is 4.20 Å². The van der Waals surface area contributed by atoms with Gasteiger partial charge < -0.3 is 0 Å². The highest BCUT2D eigenvalue weighted by Gasteiger charge is 2.00. The van der Waals surface area contributed by atoms with Gasteiger partial charge >= 0.3 is 0 Å². The third-order valence-electron chi connectivity index (χ3n) is 1.45. The van der Waals surface area contributed by atoms with Crippen molar-refractivity contribution in [1.29, 1.82) is 0 Å². The molecule has 60 valence electrons. The minimum Gasteiger partial charge on any atom is -0.286 e. The van der Waals surface area contributed by atoms with Gasteiger partial charge in [-0.05, 0) is 26.0 Å². The maximum Gasteiger partial charge on any atom is 0.261 e. The van der Waals surface area contributed by atoms with Crippen LogP contribution in [0.1, 0.15) is 11.1 Å². The highest BCUT2D eigenvalue weighted by molar-refractivity contribution is 7.47. The van der Waals surface area contributed by atoms with E-state index in [1.165, 1.54) is 0 Å². The fraction of sp³-hybridized carbons (Fsp3) is 0.250. The second-order valence-electron chi connectivity index (χ2n) is 2.65. The van der Waals surface area contributed by atoms with Crippen molar-refractivity contribution in [2.45, 2.75) is 13.8 Å². The molecular formula is C8H10FOP. The Hall–Kier alpha value is -0.620. The van der Waals surface area contributed by atoms with Gasteiger partial charge in [-0.3, -0.25) is 4.57 Å². The van der Waals surface area contributed by atoms with Crippen molar-refractivity contribution in [2.24, 2.45) is 0 Å². The van der Waals surface area contributed by atoms with Crippen LogP contribution in [-0.2, 0) is 4.57 Å².